The van der Waals surface area contributed by atoms with Gasteiger partial charge in [-0.3, -0.25) is 0 Å². The van der Waals surface area contributed by atoms with Crippen molar-refractivity contribution in [3.05, 3.63) is 220 Å². The fraction of sp³-hybridized carbons (Fsp3) is 0.161. The normalized spacial score (nSPS) is 16.8. The molecule has 0 fully saturated rings. The molecule has 66 heavy (non-hydrogen) atoms. The van der Waals surface area contributed by atoms with Crippen molar-refractivity contribution in [2.45, 2.75) is 60.6 Å². The van der Waals surface area contributed by atoms with Crippen molar-refractivity contribution < 1.29 is 16.4 Å². The summed E-state index contributed by atoms with van der Waals surface area (Å²) in [6, 6.07) is 65.7. The predicted octanol–water partition coefficient (Wildman–Crippen LogP) is 15.3. The van der Waals surface area contributed by atoms with E-state index in [0.717, 1.165) is 25.7 Å². The molecule has 11 rings (SSSR count). The first kappa shape index (κ1) is 43.5. The summed E-state index contributed by atoms with van der Waals surface area (Å²) in [6.45, 7) is 9.21. The van der Waals surface area contributed by atoms with Gasteiger partial charge in [0.05, 0.1) is 0 Å². The molecular formula is C62H55Cl2SiZr. The van der Waals surface area contributed by atoms with Crippen molar-refractivity contribution in [1.82, 2.24) is 0 Å². The van der Waals surface area contributed by atoms with E-state index in [1.165, 1.54) is 114 Å². The number of aryl methyl sites for hydroxylation is 2. The van der Waals surface area contributed by atoms with Crippen LogP contribution < -0.4 is 13.6 Å². The topological polar surface area (TPSA) is 0 Å². The van der Waals surface area contributed by atoms with Gasteiger partial charge in [0.25, 0.3) is 0 Å². The first-order valence-corrected chi connectivity index (χ1v) is 35.9. The first-order valence-electron chi connectivity index (χ1n) is 24.1. The summed E-state index contributed by atoms with van der Waals surface area (Å²) in [7, 11) is 18.1. The summed E-state index contributed by atoms with van der Waals surface area (Å²) in [5.41, 5.74) is 23.4. The Labute approximate surface area is 402 Å². The van der Waals surface area contributed by atoms with E-state index in [2.05, 4.69) is 216 Å². The van der Waals surface area contributed by atoms with E-state index in [1.807, 2.05) is 0 Å². The van der Waals surface area contributed by atoms with Crippen LogP contribution in [0.3, 0.4) is 0 Å². The number of rotatable bonds is 11. The van der Waals surface area contributed by atoms with Gasteiger partial charge in [-0.05, 0) is 0 Å². The summed E-state index contributed by atoms with van der Waals surface area (Å²) in [5, 5.41) is 2.94. The van der Waals surface area contributed by atoms with Crippen LogP contribution in [0.2, 0.25) is 0 Å². The fourth-order valence-corrected chi connectivity index (χ4v) is 40.7. The molecule has 1 heterocycles. The Bertz CT molecular complexity index is 3100. The Hall–Kier alpha value is -5.08. The molecule has 0 spiro atoms. The van der Waals surface area contributed by atoms with E-state index in [9.17, 15) is 17.0 Å². The van der Waals surface area contributed by atoms with Gasteiger partial charge < -0.3 is 0 Å². The molecule has 0 saturated carbocycles. The Balaban J connectivity index is 1.25. The number of allylic oxidation sites excluding steroid dienone is 2. The van der Waals surface area contributed by atoms with Crippen LogP contribution in [-0.2, 0) is 29.2 Å². The Morgan fingerprint density at radius 3 is 1.33 bits per heavy atom. The van der Waals surface area contributed by atoms with Gasteiger partial charge in [-0.25, -0.2) is 0 Å². The zero-order valence-electron chi connectivity index (χ0n) is 38.3. The molecule has 8 aromatic rings. The van der Waals surface area contributed by atoms with Gasteiger partial charge in [-0.15, -0.1) is 0 Å². The Morgan fingerprint density at radius 1 is 0.409 bits per heavy atom. The molecule has 0 aromatic heterocycles. The molecular weight excluding hydrogens is 935 g/mol. The molecule has 325 valence electrons. The van der Waals surface area contributed by atoms with Gasteiger partial charge >= 0.3 is 405 Å². The minimum atomic E-state index is -5.77. The van der Waals surface area contributed by atoms with Gasteiger partial charge in [0.15, 0.2) is 0 Å². The number of halogens is 2. The third-order valence-electron chi connectivity index (χ3n) is 15.3. The molecule has 3 aliphatic rings. The van der Waals surface area contributed by atoms with E-state index >= 15 is 0 Å². The van der Waals surface area contributed by atoms with E-state index in [4.69, 9.17) is 0 Å². The fourth-order valence-electron chi connectivity index (χ4n) is 12.4. The van der Waals surface area contributed by atoms with Crippen LogP contribution in [0.4, 0.5) is 0 Å². The van der Waals surface area contributed by atoms with Gasteiger partial charge in [-0.2, -0.15) is 0 Å². The van der Waals surface area contributed by atoms with Crippen LogP contribution in [0.25, 0.3) is 67.8 Å². The number of benzene rings is 8. The van der Waals surface area contributed by atoms with E-state index in [1.54, 1.807) is 0 Å². The minimum absolute atomic E-state index is 0.151. The maximum absolute atomic E-state index is 9.50. The second-order valence-electron chi connectivity index (χ2n) is 18.6. The van der Waals surface area contributed by atoms with Crippen LogP contribution in [0.1, 0.15) is 81.2 Å². The zero-order valence-corrected chi connectivity index (χ0v) is 43.7. The number of hydrogen-bond acceptors (Lipinski definition) is 0. The third kappa shape index (κ3) is 6.69. The second-order valence-corrected chi connectivity index (χ2v) is 41.0. The molecule has 1 aliphatic heterocycles. The third-order valence-corrected chi connectivity index (χ3v) is 38.1. The summed E-state index contributed by atoms with van der Waals surface area (Å²) in [6.07, 6.45) is 8.67. The molecule has 0 bridgehead atoms. The second kappa shape index (κ2) is 17.2. The van der Waals surface area contributed by atoms with Gasteiger partial charge in [0.2, 0.25) is 0 Å². The Kier molecular flexibility index (Phi) is 11.3. The van der Waals surface area contributed by atoms with Crippen LogP contribution in [0, 0.1) is 0 Å². The number of hydrogen-bond donors (Lipinski definition) is 0. The molecule has 0 amide bonds. The van der Waals surface area contributed by atoms with Crippen LogP contribution >= 0.6 is 17.0 Å². The van der Waals surface area contributed by atoms with Crippen LogP contribution in [0.15, 0.2) is 187 Å². The zero-order chi connectivity index (χ0) is 45.2. The molecule has 0 radical (unpaired) electrons. The van der Waals surface area contributed by atoms with Gasteiger partial charge in [0, 0.05) is 0 Å². The molecule has 2 atom stereocenters. The SMILES string of the molecule is CCC1=Cc2c(ccc(-c3ccccc3)c2-c2ccccc2CC)[CH]1[Zr]([Cl])([Cl])([c]1cccc2c1[SiH2]c1ccccc1-2)[CH]1C(CC)=Cc2c1ccc(-c1ccccc1)c2-c1ccccc1CC. The monoisotopic (exact) mass is 987 g/mol. The van der Waals surface area contributed by atoms with Gasteiger partial charge in [-0.1, -0.05) is 0 Å². The number of fused-ring (bicyclic) bond motifs is 5. The van der Waals surface area contributed by atoms with Crippen molar-refractivity contribution in [3.63, 3.8) is 0 Å². The first-order chi connectivity index (χ1) is 32.3. The van der Waals surface area contributed by atoms with Crippen molar-refractivity contribution in [1.29, 1.82) is 0 Å². The quantitative estimate of drug-likeness (QED) is 0.113. The van der Waals surface area contributed by atoms with E-state index < -0.39 is 25.9 Å². The van der Waals surface area contributed by atoms with E-state index in [0.29, 0.717) is 0 Å². The molecule has 0 nitrogen and oxygen atoms in total. The molecule has 0 saturated heterocycles. The molecule has 4 heteroatoms. The average Bonchev–Trinajstić information content (AvgIpc) is 4.09. The van der Waals surface area contributed by atoms with Gasteiger partial charge in [0.1, 0.15) is 0 Å². The van der Waals surface area contributed by atoms with Crippen LogP contribution in [-0.4, -0.2) is 9.52 Å². The summed E-state index contributed by atoms with van der Waals surface area (Å²) >= 11 is -5.77. The van der Waals surface area contributed by atoms with Crippen molar-refractivity contribution in [2.75, 3.05) is 0 Å². The molecule has 0 N–H and O–H groups in total. The molecule has 8 aromatic carbocycles. The summed E-state index contributed by atoms with van der Waals surface area (Å²) in [5.74, 6) is 0. The maximum atomic E-state index is 9.50. The average molecular weight is 990 g/mol. The van der Waals surface area contributed by atoms with Crippen molar-refractivity contribution >= 4 is 52.3 Å². The van der Waals surface area contributed by atoms with E-state index in [-0.39, 0.29) is 7.25 Å². The molecule has 2 unspecified atom stereocenters. The predicted molar refractivity (Wildman–Crippen MR) is 286 cm³/mol. The molecule has 2 aliphatic carbocycles. The standard InChI is InChI=1S/2C25H23.C12H9Si.2ClH.Zr/c2*1-3-18-16-21-14-15-23(20-11-6-5-7-12-20)25(24(21)17-18)22-13-9-8-10-19(22)4-2;1-3-7-11-9(5-1)10-6-2-4-8-12(10)13-11;;;/h2*5-17H,3-4H2,1-2H3;1-7H,13H2;2*1H;/q;;;;;+2/p-2. The summed E-state index contributed by atoms with van der Waals surface area (Å²) < 4.78 is 0.977. The Morgan fingerprint density at radius 2 is 0.848 bits per heavy atom. The van der Waals surface area contributed by atoms with Crippen LogP contribution in [0.5, 0.6) is 0 Å². The summed E-state index contributed by atoms with van der Waals surface area (Å²) in [4.78, 5) is 0. The van der Waals surface area contributed by atoms with Crippen molar-refractivity contribution in [2.24, 2.45) is 0 Å². The van der Waals surface area contributed by atoms with Crippen molar-refractivity contribution in [3.8, 4) is 55.6 Å².